The number of aryl methyl sites for hydroxylation is 2. The highest BCUT2D eigenvalue weighted by Crippen LogP contribution is 2.22. The standard InChI is InChI=1S/C28H49NO2/c1-4-5-6-7-8-9-10-11-12-13-14-15-16-17-18-19-23-29-27(30)24-31-28-25(2)21-20-22-26(28)3/h20-22H,4-19,23-24H2,1-3H3,(H,29,30). The van der Waals surface area contributed by atoms with Gasteiger partial charge in [0.15, 0.2) is 6.61 Å². The van der Waals surface area contributed by atoms with Gasteiger partial charge in [-0.15, -0.1) is 0 Å². The third kappa shape index (κ3) is 15.0. The summed E-state index contributed by atoms with van der Waals surface area (Å²) in [7, 11) is 0. The first-order chi connectivity index (χ1) is 15.1. The van der Waals surface area contributed by atoms with Gasteiger partial charge in [-0.25, -0.2) is 0 Å². The van der Waals surface area contributed by atoms with Crippen LogP contribution in [-0.4, -0.2) is 19.1 Å². The van der Waals surface area contributed by atoms with Gasteiger partial charge in [-0.3, -0.25) is 4.79 Å². The van der Waals surface area contributed by atoms with Crippen LogP contribution in [0.4, 0.5) is 0 Å². The molecule has 0 heterocycles. The molecule has 0 saturated heterocycles. The zero-order valence-corrected chi connectivity index (χ0v) is 20.8. The van der Waals surface area contributed by atoms with Crippen molar-refractivity contribution in [3.63, 3.8) is 0 Å². The summed E-state index contributed by atoms with van der Waals surface area (Å²) in [6.07, 6.45) is 21.9. The van der Waals surface area contributed by atoms with Crippen LogP contribution in [-0.2, 0) is 4.79 Å². The minimum absolute atomic E-state index is 0.0244. The van der Waals surface area contributed by atoms with Gasteiger partial charge in [-0.1, -0.05) is 121 Å². The number of rotatable bonds is 20. The van der Waals surface area contributed by atoms with Crippen molar-refractivity contribution in [1.29, 1.82) is 0 Å². The molecule has 1 aromatic carbocycles. The first-order valence-electron chi connectivity index (χ1n) is 13.1. The Bertz CT molecular complexity index is 550. The fourth-order valence-corrected chi connectivity index (χ4v) is 4.12. The Kier molecular flexibility index (Phi) is 17.0. The number of unbranched alkanes of at least 4 members (excludes halogenated alkanes) is 15. The highest BCUT2D eigenvalue weighted by molar-refractivity contribution is 5.77. The van der Waals surface area contributed by atoms with Gasteiger partial charge in [-0.05, 0) is 31.4 Å². The lowest BCUT2D eigenvalue weighted by Crippen LogP contribution is -2.29. The lowest BCUT2D eigenvalue weighted by molar-refractivity contribution is -0.123. The Hall–Kier alpha value is -1.51. The maximum absolute atomic E-state index is 12.0. The fourth-order valence-electron chi connectivity index (χ4n) is 4.12. The summed E-state index contributed by atoms with van der Waals surface area (Å²) < 4.78 is 5.70. The van der Waals surface area contributed by atoms with Gasteiger partial charge in [0.1, 0.15) is 5.75 Å². The van der Waals surface area contributed by atoms with Crippen LogP contribution in [0.3, 0.4) is 0 Å². The number of nitrogens with one attached hydrogen (secondary N) is 1. The molecule has 0 unspecified atom stereocenters. The number of benzene rings is 1. The molecule has 3 nitrogen and oxygen atoms in total. The van der Waals surface area contributed by atoms with E-state index in [0.29, 0.717) is 0 Å². The highest BCUT2D eigenvalue weighted by atomic mass is 16.5. The summed E-state index contributed by atoms with van der Waals surface area (Å²) in [5.41, 5.74) is 2.15. The van der Waals surface area contributed by atoms with Gasteiger partial charge in [-0.2, -0.15) is 0 Å². The van der Waals surface area contributed by atoms with Crippen LogP contribution in [0.2, 0.25) is 0 Å². The van der Waals surface area contributed by atoms with Crippen LogP contribution in [0.25, 0.3) is 0 Å². The van der Waals surface area contributed by atoms with E-state index in [-0.39, 0.29) is 12.5 Å². The SMILES string of the molecule is CCCCCCCCCCCCCCCCCCNC(=O)COc1c(C)cccc1C. The quantitative estimate of drug-likeness (QED) is 0.212. The Labute approximate surface area is 192 Å². The second kappa shape index (κ2) is 19.2. The predicted molar refractivity (Wildman–Crippen MR) is 134 cm³/mol. The van der Waals surface area contributed by atoms with Crippen molar-refractivity contribution in [3.8, 4) is 5.75 Å². The predicted octanol–water partition coefficient (Wildman–Crippen LogP) is 8.06. The second-order valence-electron chi connectivity index (χ2n) is 9.16. The average molecular weight is 432 g/mol. The van der Waals surface area contributed by atoms with Crippen molar-refractivity contribution in [2.45, 2.75) is 124 Å². The third-order valence-corrected chi connectivity index (χ3v) is 6.11. The van der Waals surface area contributed by atoms with Gasteiger partial charge < -0.3 is 10.1 Å². The van der Waals surface area contributed by atoms with Gasteiger partial charge in [0, 0.05) is 6.54 Å². The molecule has 3 heteroatoms. The van der Waals surface area contributed by atoms with E-state index in [1.807, 2.05) is 32.0 Å². The van der Waals surface area contributed by atoms with Crippen molar-refractivity contribution in [1.82, 2.24) is 5.32 Å². The molecule has 1 aromatic rings. The monoisotopic (exact) mass is 431 g/mol. The van der Waals surface area contributed by atoms with E-state index < -0.39 is 0 Å². The van der Waals surface area contributed by atoms with Crippen LogP contribution < -0.4 is 10.1 Å². The summed E-state index contributed by atoms with van der Waals surface area (Å²) in [5.74, 6) is 0.809. The smallest absolute Gasteiger partial charge is 0.257 e. The Morgan fingerprint density at radius 1 is 0.710 bits per heavy atom. The van der Waals surface area contributed by atoms with Crippen molar-refractivity contribution in [3.05, 3.63) is 29.3 Å². The van der Waals surface area contributed by atoms with E-state index in [0.717, 1.165) is 29.8 Å². The Morgan fingerprint density at radius 3 is 1.58 bits per heavy atom. The first kappa shape index (κ1) is 27.5. The molecule has 0 fully saturated rings. The lowest BCUT2D eigenvalue weighted by Gasteiger charge is -2.12. The Balaban J connectivity index is 1.83. The molecule has 1 amide bonds. The number of para-hydroxylation sites is 1. The van der Waals surface area contributed by atoms with Crippen LogP contribution in [0.1, 0.15) is 121 Å². The molecule has 0 saturated carbocycles. The average Bonchev–Trinajstić information content (AvgIpc) is 2.75. The van der Waals surface area contributed by atoms with Crippen molar-refractivity contribution >= 4 is 5.91 Å². The van der Waals surface area contributed by atoms with E-state index in [9.17, 15) is 4.79 Å². The maximum atomic E-state index is 12.0. The molecule has 0 atom stereocenters. The molecular formula is C28H49NO2. The minimum atomic E-state index is -0.0244. The van der Waals surface area contributed by atoms with Gasteiger partial charge in [0.2, 0.25) is 0 Å². The van der Waals surface area contributed by atoms with Crippen LogP contribution in [0.15, 0.2) is 18.2 Å². The van der Waals surface area contributed by atoms with Crippen molar-refractivity contribution < 1.29 is 9.53 Å². The number of carbonyl (C=O) groups excluding carboxylic acids is 1. The summed E-state index contributed by atoms with van der Waals surface area (Å²) in [6, 6.07) is 6.03. The molecule has 0 spiro atoms. The van der Waals surface area contributed by atoms with Crippen LogP contribution in [0.5, 0.6) is 5.75 Å². The number of hydrogen-bond acceptors (Lipinski definition) is 2. The van der Waals surface area contributed by atoms with E-state index >= 15 is 0 Å². The molecule has 0 radical (unpaired) electrons. The molecule has 31 heavy (non-hydrogen) atoms. The number of amides is 1. The number of hydrogen-bond donors (Lipinski definition) is 1. The minimum Gasteiger partial charge on any atom is -0.483 e. The molecule has 0 aliphatic rings. The lowest BCUT2D eigenvalue weighted by atomic mass is 10.0. The zero-order valence-electron chi connectivity index (χ0n) is 20.8. The van der Waals surface area contributed by atoms with E-state index in [4.69, 9.17) is 4.74 Å². The first-order valence-corrected chi connectivity index (χ1v) is 13.1. The number of carbonyl (C=O) groups is 1. The van der Waals surface area contributed by atoms with E-state index in [2.05, 4.69) is 12.2 Å². The zero-order chi connectivity index (χ0) is 22.6. The van der Waals surface area contributed by atoms with E-state index in [1.54, 1.807) is 0 Å². The summed E-state index contributed by atoms with van der Waals surface area (Å²) in [5, 5.41) is 2.98. The molecule has 1 rings (SSSR count). The molecular weight excluding hydrogens is 382 g/mol. The normalized spacial score (nSPS) is 10.9. The number of ether oxygens (including phenoxy) is 1. The second-order valence-corrected chi connectivity index (χ2v) is 9.16. The van der Waals surface area contributed by atoms with Crippen LogP contribution >= 0.6 is 0 Å². The molecule has 0 aliphatic heterocycles. The van der Waals surface area contributed by atoms with Gasteiger partial charge in [0.05, 0.1) is 0 Å². The van der Waals surface area contributed by atoms with Crippen LogP contribution in [0, 0.1) is 13.8 Å². The summed E-state index contributed by atoms with van der Waals surface area (Å²) in [4.78, 5) is 12.0. The van der Waals surface area contributed by atoms with Gasteiger partial charge in [0.25, 0.3) is 5.91 Å². The third-order valence-electron chi connectivity index (χ3n) is 6.11. The molecule has 0 aliphatic carbocycles. The summed E-state index contributed by atoms with van der Waals surface area (Å²) >= 11 is 0. The molecule has 178 valence electrons. The topological polar surface area (TPSA) is 38.3 Å². The molecule has 0 bridgehead atoms. The van der Waals surface area contributed by atoms with Crippen molar-refractivity contribution in [2.24, 2.45) is 0 Å². The van der Waals surface area contributed by atoms with Gasteiger partial charge >= 0.3 is 0 Å². The molecule has 1 N–H and O–H groups in total. The fraction of sp³-hybridized carbons (Fsp3) is 0.750. The van der Waals surface area contributed by atoms with E-state index in [1.165, 1.54) is 96.3 Å². The maximum Gasteiger partial charge on any atom is 0.257 e. The molecule has 0 aromatic heterocycles. The largest absolute Gasteiger partial charge is 0.483 e. The Morgan fingerprint density at radius 2 is 1.13 bits per heavy atom. The highest BCUT2D eigenvalue weighted by Gasteiger charge is 2.06. The van der Waals surface area contributed by atoms with Crippen molar-refractivity contribution in [2.75, 3.05) is 13.2 Å². The summed E-state index contributed by atoms with van der Waals surface area (Å²) in [6.45, 7) is 7.16.